The molecule has 0 aliphatic carbocycles. The van der Waals surface area contributed by atoms with Gasteiger partial charge < -0.3 is 9.47 Å². The van der Waals surface area contributed by atoms with Crippen molar-refractivity contribution in [3.63, 3.8) is 0 Å². The molecule has 2 aromatic rings. The first kappa shape index (κ1) is 19.7. The Hall–Kier alpha value is -3.62. The highest BCUT2D eigenvalue weighted by atomic mass is 16.6. The van der Waals surface area contributed by atoms with Crippen molar-refractivity contribution in [3.8, 4) is 11.5 Å². The Balaban J connectivity index is 1.82. The lowest BCUT2D eigenvalue weighted by Gasteiger charge is -2.12. The fourth-order valence-electron chi connectivity index (χ4n) is 2.22. The smallest absolute Gasteiger partial charge is 0.276 e. The van der Waals surface area contributed by atoms with Crippen molar-refractivity contribution >= 4 is 17.5 Å². The minimum absolute atomic E-state index is 0.158. The summed E-state index contributed by atoms with van der Waals surface area (Å²) in [5, 5.41) is 10.9. The molecule has 0 unspecified atom stereocenters. The first-order valence-corrected chi connectivity index (χ1v) is 8.16. The molecule has 0 aromatic heterocycles. The van der Waals surface area contributed by atoms with Crippen molar-refractivity contribution in [1.29, 1.82) is 0 Å². The largest absolute Gasteiger partial charge is 0.490 e. The number of benzene rings is 2. The fourth-order valence-corrected chi connectivity index (χ4v) is 2.22. The average Bonchev–Trinajstić information content (AvgIpc) is 2.66. The van der Waals surface area contributed by atoms with Crippen molar-refractivity contribution in [1.82, 2.24) is 10.9 Å². The van der Waals surface area contributed by atoms with Crippen LogP contribution in [0.25, 0.3) is 0 Å². The molecule has 0 saturated carbocycles. The number of rotatable bonds is 8. The number of hydrogen-bond donors (Lipinski definition) is 2. The van der Waals surface area contributed by atoms with Gasteiger partial charge >= 0.3 is 0 Å². The quantitative estimate of drug-likeness (QED) is 0.537. The third-order valence-electron chi connectivity index (χ3n) is 3.39. The number of nitrogens with one attached hydrogen (secondary N) is 2. The molecule has 0 heterocycles. The second-order valence-corrected chi connectivity index (χ2v) is 5.33. The molecule has 142 valence electrons. The van der Waals surface area contributed by atoms with E-state index >= 15 is 0 Å². The van der Waals surface area contributed by atoms with E-state index in [2.05, 4.69) is 10.9 Å². The molecule has 0 aliphatic heterocycles. The van der Waals surface area contributed by atoms with E-state index in [9.17, 15) is 19.7 Å². The van der Waals surface area contributed by atoms with Crippen LogP contribution in [0.2, 0.25) is 0 Å². The van der Waals surface area contributed by atoms with E-state index in [1.165, 1.54) is 18.2 Å². The maximum Gasteiger partial charge on any atom is 0.276 e. The molecule has 2 aromatic carbocycles. The van der Waals surface area contributed by atoms with Crippen LogP contribution in [0, 0.1) is 10.1 Å². The molecule has 2 rings (SSSR count). The van der Waals surface area contributed by atoms with Crippen LogP contribution >= 0.6 is 0 Å². The molecule has 2 N–H and O–H groups in total. The molecule has 0 aliphatic rings. The van der Waals surface area contributed by atoms with Crippen LogP contribution in [0.3, 0.4) is 0 Å². The molecule has 27 heavy (non-hydrogen) atoms. The normalized spacial score (nSPS) is 9.96. The second-order valence-electron chi connectivity index (χ2n) is 5.33. The number of nitro benzene ring substituents is 1. The predicted molar refractivity (Wildman–Crippen MR) is 96.2 cm³/mol. The van der Waals surface area contributed by atoms with Gasteiger partial charge in [-0.05, 0) is 19.1 Å². The van der Waals surface area contributed by atoms with Crippen LogP contribution in [-0.4, -0.2) is 30.0 Å². The van der Waals surface area contributed by atoms with Crippen LogP contribution in [0.1, 0.15) is 12.5 Å². The van der Waals surface area contributed by atoms with Gasteiger partial charge in [0.1, 0.15) is 0 Å². The van der Waals surface area contributed by atoms with Crippen LogP contribution in [0.5, 0.6) is 11.5 Å². The Morgan fingerprint density at radius 3 is 2.22 bits per heavy atom. The zero-order valence-corrected chi connectivity index (χ0v) is 14.6. The van der Waals surface area contributed by atoms with Crippen molar-refractivity contribution in [2.75, 3.05) is 13.2 Å². The lowest BCUT2D eigenvalue weighted by Crippen LogP contribution is -2.44. The highest BCUT2D eigenvalue weighted by Crippen LogP contribution is 2.26. The average molecular weight is 373 g/mol. The summed E-state index contributed by atoms with van der Waals surface area (Å²) in [5.41, 5.74) is 4.49. The van der Waals surface area contributed by atoms with Gasteiger partial charge in [-0.25, -0.2) is 0 Å². The first-order valence-electron chi connectivity index (χ1n) is 8.16. The van der Waals surface area contributed by atoms with Gasteiger partial charge in [0.25, 0.3) is 11.6 Å². The van der Waals surface area contributed by atoms with E-state index in [0.717, 1.165) is 0 Å². The molecule has 2 amide bonds. The summed E-state index contributed by atoms with van der Waals surface area (Å²) >= 11 is 0. The van der Waals surface area contributed by atoms with Crippen molar-refractivity contribution in [2.24, 2.45) is 0 Å². The van der Waals surface area contributed by atoms with Crippen molar-refractivity contribution in [3.05, 3.63) is 64.2 Å². The molecule has 0 saturated heterocycles. The second kappa shape index (κ2) is 9.76. The highest BCUT2D eigenvalue weighted by molar-refractivity contribution is 5.84. The number of carbonyl (C=O) groups excluding carboxylic acids is 2. The molecule has 0 spiro atoms. The third-order valence-corrected chi connectivity index (χ3v) is 3.39. The van der Waals surface area contributed by atoms with Gasteiger partial charge in [0.05, 0.1) is 18.0 Å². The number of amides is 2. The number of hydrogen-bond acceptors (Lipinski definition) is 6. The molecule has 0 radical (unpaired) electrons. The van der Waals surface area contributed by atoms with Crippen molar-refractivity contribution in [2.45, 2.75) is 13.3 Å². The molecule has 0 fully saturated rings. The van der Waals surface area contributed by atoms with Crippen LogP contribution in [-0.2, 0) is 16.0 Å². The lowest BCUT2D eigenvalue weighted by atomic mass is 10.1. The van der Waals surface area contributed by atoms with E-state index in [0.29, 0.717) is 18.1 Å². The maximum absolute atomic E-state index is 11.9. The van der Waals surface area contributed by atoms with Gasteiger partial charge in [-0.2, -0.15) is 0 Å². The van der Waals surface area contributed by atoms with Crippen LogP contribution < -0.4 is 20.3 Å². The zero-order chi connectivity index (χ0) is 19.6. The number of carbonyl (C=O) groups is 2. The highest BCUT2D eigenvalue weighted by Gasteiger charge is 2.16. The van der Waals surface area contributed by atoms with E-state index in [1.54, 1.807) is 30.3 Å². The Bertz CT molecular complexity index is 824. The molecule has 0 bridgehead atoms. The standard InChI is InChI=1S/C18H19N3O6/c1-2-26-15-9-5-6-10-16(15)27-12-18(23)20-19-17(22)11-13-7-3-4-8-14(13)21(24)25/h3-10H,2,11-12H2,1H3,(H,19,22)(H,20,23). The topological polar surface area (TPSA) is 120 Å². The molecular formula is C18H19N3O6. The number of nitrogens with zero attached hydrogens (tertiary/aromatic N) is 1. The maximum atomic E-state index is 11.9. The fraction of sp³-hybridized carbons (Fsp3) is 0.222. The van der Waals surface area contributed by atoms with Crippen LogP contribution in [0.15, 0.2) is 48.5 Å². The summed E-state index contributed by atoms with van der Waals surface area (Å²) in [4.78, 5) is 34.1. The summed E-state index contributed by atoms with van der Waals surface area (Å²) in [6.07, 6.45) is -0.245. The summed E-state index contributed by atoms with van der Waals surface area (Å²) in [7, 11) is 0. The number of ether oxygens (including phenoxy) is 2. The summed E-state index contributed by atoms with van der Waals surface area (Å²) in [5.74, 6) is -0.265. The van der Waals surface area contributed by atoms with Gasteiger partial charge in [0, 0.05) is 11.6 Å². The van der Waals surface area contributed by atoms with E-state index in [4.69, 9.17) is 9.47 Å². The van der Waals surface area contributed by atoms with Crippen LogP contribution in [0.4, 0.5) is 5.69 Å². The molecule has 9 heteroatoms. The zero-order valence-electron chi connectivity index (χ0n) is 14.6. The predicted octanol–water partition coefficient (Wildman–Crippen LogP) is 1.76. The van der Waals surface area contributed by atoms with Gasteiger partial charge in [-0.3, -0.25) is 30.6 Å². The molecular weight excluding hydrogens is 354 g/mol. The summed E-state index contributed by atoms with van der Waals surface area (Å²) < 4.78 is 10.8. The Morgan fingerprint density at radius 2 is 1.56 bits per heavy atom. The Morgan fingerprint density at radius 1 is 0.963 bits per heavy atom. The minimum Gasteiger partial charge on any atom is -0.490 e. The Labute approximate surface area is 155 Å². The lowest BCUT2D eigenvalue weighted by molar-refractivity contribution is -0.385. The van der Waals surface area contributed by atoms with E-state index < -0.39 is 16.7 Å². The summed E-state index contributed by atoms with van der Waals surface area (Å²) in [6.45, 7) is 1.94. The van der Waals surface area contributed by atoms with Gasteiger partial charge in [-0.15, -0.1) is 0 Å². The summed E-state index contributed by atoms with van der Waals surface area (Å²) in [6, 6.07) is 12.8. The van der Waals surface area contributed by atoms with Gasteiger partial charge in [0.15, 0.2) is 18.1 Å². The number of hydrazine groups is 1. The monoisotopic (exact) mass is 373 g/mol. The van der Waals surface area contributed by atoms with E-state index in [1.807, 2.05) is 6.92 Å². The SMILES string of the molecule is CCOc1ccccc1OCC(=O)NNC(=O)Cc1ccccc1[N+](=O)[O-]. The third kappa shape index (κ3) is 5.99. The molecule has 9 nitrogen and oxygen atoms in total. The molecule has 0 atom stereocenters. The van der Waals surface area contributed by atoms with Gasteiger partial charge in [0.2, 0.25) is 5.91 Å². The number of nitro groups is 1. The minimum atomic E-state index is -0.590. The van der Waals surface area contributed by atoms with E-state index in [-0.39, 0.29) is 24.3 Å². The first-order chi connectivity index (χ1) is 13.0. The number of para-hydroxylation sites is 3. The van der Waals surface area contributed by atoms with Crippen molar-refractivity contribution < 1.29 is 24.0 Å². The Kier molecular flexibility index (Phi) is 7.12. The van der Waals surface area contributed by atoms with Gasteiger partial charge in [-0.1, -0.05) is 30.3 Å².